The zero-order chi connectivity index (χ0) is 13.7. The standard InChI is InChI=1S/C14H16N2O2S/c1-11-5-6-13(19-11)9-16(10-14(17)18)8-12-4-2-3-7-15-12/h2-7H,8-10H2,1H3,(H,17,18). The van der Waals surface area contributed by atoms with Gasteiger partial charge >= 0.3 is 5.97 Å². The fraction of sp³-hybridized carbons (Fsp3) is 0.286. The number of pyridine rings is 1. The minimum Gasteiger partial charge on any atom is -0.480 e. The Labute approximate surface area is 116 Å². The molecule has 0 aliphatic heterocycles. The van der Waals surface area contributed by atoms with Crippen LogP contribution in [0.2, 0.25) is 0 Å². The second-order valence-electron chi connectivity index (χ2n) is 4.37. The zero-order valence-electron chi connectivity index (χ0n) is 10.7. The molecule has 0 aliphatic rings. The number of carbonyl (C=O) groups is 1. The van der Waals surface area contributed by atoms with Gasteiger partial charge in [0.25, 0.3) is 0 Å². The first-order valence-corrected chi connectivity index (χ1v) is 6.84. The van der Waals surface area contributed by atoms with E-state index in [-0.39, 0.29) is 6.54 Å². The molecule has 0 spiro atoms. The Balaban J connectivity index is 2.05. The first-order chi connectivity index (χ1) is 9.13. The molecule has 0 fully saturated rings. The van der Waals surface area contributed by atoms with E-state index in [4.69, 9.17) is 5.11 Å². The molecule has 2 heterocycles. The molecule has 2 aromatic heterocycles. The van der Waals surface area contributed by atoms with Gasteiger partial charge < -0.3 is 5.11 Å². The summed E-state index contributed by atoms with van der Waals surface area (Å²) in [5.41, 5.74) is 0.886. The van der Waals surface area contributed by atoms with E-state index in [0.717, 1.165) is 5.69 Å². The molecular weight excluding hydrogens is 260 g/mol. The highest BCUT2D eigenvalue weighted by Gasteiger charge is 2.12. The molecule has 2 aromatic rings. The van der Waals surface area contributed by atoms with E-state index in [1.807, 2.05) is 29.2 Å². The smallest absolute Gasteiger partial charge is 0.317 e. The molecular formula is C14H16N2O2S. The van der Waals surface area contributed by atoms with Crippen LogP contribution in [0.5, 0.6) is 0 Å². The van der Waals surface area contributed by atoms with Gasteiger partial charge in [0.15, 0.2) is 0 Å². The number of hydrogen-bond donors (Lipinski definition) is 1. The van der Waals surface area contributed by atoms with E-state index in [1.54, 1.807) is 17.5 Å². The van der Waals surface area contributed by atoms with E-state index in [0.29, 0.717) is 13.1 Å². The van der Waals surface area contributed by atoms with Gasteiger partial charge in [-0.15, -0.1) is 11.3 Å². The van der Waals surface area contributed by atoms with Crippen LogP contribution in [0, 0.1) is 6.92 Å². The number of nitrogens with zero attached hydrogens (tertiary/aromatic N) is 2. The first kappa shape index (κ1) is 13.7. The fourth-order valence-corrected chi connectivity index (χ4v) is 2.80. The maximum absolute atomic E-state index is 10.9. The van der Waals surface area contributed by atoms with Crippen LogP contribution in [0.4, 0.5) is 0 Å². The predicted octanol–water partition coefficient (Wildman–Crippen LogP) is 2.54. The number of aromatic nitrogens is 1. The number of hydrogen-bond acceptors (Lipinski definition) is 4. The summed E-state index contributed by atoms with van der Waals surface area (Å²) in [6, 6.07) is 9.78. The second kappa shape index (κ2) is 6.45. The summed E-state index contributed by atoms with van der Waals surface area (Å²) < 4.78 is 0. The molecule has 5 heteroatoms. The number of rotatable bonds is 6. The highest BCUT2D eigenvalue weighted by molar-refractivity contribution is 7.11. The molecule has 0 saturated heterocycles. The van der Waals surface area contributed by atoms with Crippen LogP contribution in [0.1, 0.15) is 15.4 Å². The Morgan fingerprint density at radius 3 is 2.74 bits per heavy atom. The minimum absolute atomic E-state index is 0.0214. The quantitative estimate of drug-likeness (QED) is 0.881. The molecule has 0 unspecified atom stereocenters. The average molecular weight is 276 g/mol. The molecule has 0 amide bonds. The van der Waals surface area contributed by atoms with Crippen LogP contribution >= 0.6 is 11.3 Å². The summed E-state index contributed by atoms with van der Waals surface area (Å²) in [5, 5.41) is 8.99. The van der Waals surface area contributed by atoms with Gasteiger partial charge in [0.1, 0.15) is 0 Å². The van der Waals surface area contributed by atoms with E-state index < -0.39 is 5.97 Å². The first-order valence-electron chi connectivity index (χ1n) is 6.03. The molecule has 0 aliphatic carbocycles. The molecule has 0 radical (unpaired) electrons. The van der Waals surface area contributed by atoms with Gasteiger partial charge in [-0.25, -0.2) is 0 Å². The van der Waals surface area contributed by atoms with Crippen molar-refractivity contribution in [1.29, 1.82) is 0 Å². The molecule has 2 rings (SSSR count). The largest absolute Gasteiger partial charge is 0.480 e. The lowest BCUT2D eigenvalue weighted by atomic mass is 10.3. The molecule has 0 bridgehead atoms. The summed E-state index contributed by atoms with van der Waals surface area (Å²) >= 11 is 1.70. The highest BCUT2D eigenvalue weighted by atomic mass is 32.1. The Bertz CT molecular complexity index is 539. The lowest BCUT2D eigenvalue weighted by Gasteiger charge is -2.18. The Kier molecular flexibility index (Phi) is 4.65. The van der Waals surface area contributed by atoms with Gasteiger partial charge in [-0.1, -0.05) is 6.07 Å². The van der Waals surface area contributed by atoms with E-state index in [2.05, 4.69) is 18.0 Å². The molecule has 19 heavy (non-hydrogen) atoms. The van der Waals surface area contributed by atoms with Gasteiger partial charge in [0.2, 0.25) is 0 Å². The van der Waals surface area contributed by atoms with Crippen molar-refractivity contribution in [1.82, 2.24) is 9.88 Å². The minimum atomic E-state index is -0.816. The number of thiophene rings is 1. The van der Waals surface area contributed by atoms with Crippen LogP contribution in [0.25, 0.3) is 0 Å². The van der Waals surface area contributed by atoms with E-state index in [1.165, 1.54) is 9.75 Å². The maximum atomic E-state index is 10.9. The lowest BCUT2D eigenvalue weighted by molar-refractivity contribution is -0.138. The maximum Gasteiger partial charge on any atom is 0.317 e. The number of aliphatic carboxylic acids is 1. The van der Waals surface area contributed by atoms with Crippen LogP contribution in [0.15, 0.2) is 36.5 Å². The summed E-state index contributed by atoms with van der Waals surface area (Å²) in [6.45, 7) is 3.26. The van der Waals surface area contributed by atoms with Crippen LogP contribution in [-0.4, -0.2) is 27.5 Å². The zero-order valence-corrected chi connectivity index (χ0v) is 11.6. The highest BCUT2D eigenvalue weighted by Crippen LogP contribution is 2.18. The van der Waals surface area contributed by atoms with Crippen molar-refractivity contribution < 1.29 is 9.90 Å². The van der Waals surface area contributed by atoms with Crippen LogP contribution in [0.3, 0.4) is 0 Å². The van der Waals surface area contributed by atoms with E-state index >= 15 is 0 Å². The Hall–Kier alpha value is -1.72. The SMILES string of the molecule is Cc1ccc(CN(CC(=O)O)Cc2ccccn2)s1. The van der Waals surface area contributed by atoms with Gasteiger partial charge in [0.05, 0.1) is 12.2 Å². The molecule has 0 atom stereocenters. The van der Waals surface area contributed by atoms with Crippen molar-refractivity contribution in [3.63, 3.8) is 0 Å². The topological polar surface area (TPSA) is 53.4 Å². The monoisotopic (exact) mass is 276 g/mol. The van der Waals surface area contributed by atoms with Gasteiger partial charge in [-0.05, 0) is 31.2 Å². The molecule has 0 saturated carbocycles. The third kappa shape index (κ3) is 4.46. The number of carboxylic acids is 1. The third-order valence-corrected chi connectivity index (χ3v) is 3.63. The predicted molar refractivity (Wildman–Crippen MR) is 75.0 cm³/mol. The van der Waals surface area contributed by atoms with Gasteiger partial charge in [-0.3, -0.25) is 14.7 Å². The van der Waals surface area contributed by atoms with E-state index in [9.17, 15) is 4.79 Å². The summed E-state index contributed by atoms with van der Waals surface area (Å²) in [7, 11) is 0. The van der Waals surface area contributed by atoms with Crippen molar-refractivity contribution in [3.8, 4) is 0 Å². The van der Waals surface area contributed by atoms with Crippen molar-refractivity contribution in [3.05, 3.63) is 52.0 Å². The number of carboxylic acid groups (broad SMARTS) is 1. The summed E-state index contributed by atoms with van der Waals surface area (Å²) in [5.74, 6) is -0.816. The average Bonchev–Trinajstić information content (AvgIpc) is 2.75. The second-order valence-corrected chi connectivity index (χ2v) is 5.74. The lowest BCUT2D eigenvalue weighted by Crippen LogP contribution is -2.28. The van der Waals surface area contributed by atoms with Gasteiger partial charge in [0, 0.05) is 29.0 Å². The van der Waals surface area contributed by atoms with Crippen molar-refractivity contribution >= 4 is 17.3 Å². The normalized spacial score (nSPS) is 10.8. The molecule has 1 N–H and O–H groups in total. The summed E-state index contributed by atoms with van der Waals surface area (Å²) in [6.07, 6.45) is 1.73. The Morgan fingerprint density at radius 1 is 1.32 bits per heavy atom. The van der Waals surface area contributed by atoms with Crippen LogP contribution < -0.4 is 0 Å². The van der Waals surface area contributed by atoms with Crippen molar-refractivity contribution in [2.45, 2.75) is 20.0 Å². The van der Waals surface area contributed by atoms with Gasteiger partial charge in [-0.2, -0.15) is 0 Å². The van der Waals surface area contributed by atoms with Crippen molar-refractivity contribution in [2.24, 2.45) is 0 Å². The summed E-state index contributed by atoms with van der Waals surface area (Å²) in [4.78, 5) is 19.5. The molecule has 0 aromatic carbocycles. The molecule has 100 valence electrons. The number of aryl methyl sites for hydroxylation is 1. The van der Waals surface area contributed by atoms with Crippen LogP contribution in [-0.2, 0) is 17.9 Å². The molecule has 4 nitrogen and oxygen atoms in total. The third-order valence-electron chi connectivity index (χ3n) is 2.65. The Morgan fingerprint density at radius 2 is 2.16 bits per heavy atom. The van der Waals surface area contributed by atoms with Crippen molar-refractivity contribution in [2.75, 3.05) is 6.54 Å². The fourth-order valence-electron chi connectivity index (χ4n) is 1.87.